The fourth-order valence-electron chi connectivity index (χ4n) is 2.52. The number of anilines is 1. The van der Waals surface area contributed by atoms with E-state index in [0.717, 1.165) is 29.5 Å². The number of nitrogens with one attached hydrogen (secondary N) is 1. The molecule has 0 aliphatic heterocycles. The molecule has 2 aromatic carbocycles. The van der Waals surface area contributed by atoms with Crippen molar-refractivity contribution < 1.29 is 23.1 Å². The molecular weight excluding hydrogens is 410 g/mol. The summed E-state index contributed by atoms with van der Waals surface area (Å²) in [5, 5.41) is 2.82. The minimum Gasteiger partial charge on any atom is -0.444 e. The van der Waals surface area contributed by atoms with Gasteiger partial charge in [0.1, 0.15) is 5.60 Å². The average Bonchev–Trinajstić information content (AvgIpc) is 2.66. The molecule has 0 heterocycles. The van der Waals surface area contributed by atoms with Crippen LogP contribution in [0.15, 0.2) is 47.4 Å². The number of hydrogen-bond donors (Lipinski definition) is 1. The number of para-hydroxylation sites is 1. The largest absolute Gasteiger partial charge is 0.444 e. The van der Waals surface area contributed by atoms with E-state index >= 15 is 0 Å². The number of ether oxygens (including phenoxy) is 1. The van der Waals surface area contributed by atoms with Crippen LogP contribution in [0.2, 0.25) is 0 Å². The maximum Gasteiger partial charge on any atom is 0.410 e. The first-order valence-corrected chi connectivity index (χ1v) is 10.5. The molecule has 30 heavy (non-hydrogen) atoms. The second kappa shape index (κ2) is 10.4. The zero-order valence-electron chi connectivity index (χ0n) is 17.5. The molecule has 8 heteroatoms. The molecule has 162 valence electrons. The molecule has 2 aromatic rings. The molecule has 0 atom stereocenters. The summed E-state index contributed by atoms with van der Waals surface area (Å²) >= 11 is 1.10. The van der Waals surface area contributed by atoms with E-state index in [0.29, 0.717) is 17.1 Å². The minimum atomic E-state index is -0.951. The monoisotopic (exact) mass is 436 g/mol. The Balaban J connectivity index is 2.02. The molecule has 0 unspecified atom stereocenters. The molecule has 0 aliphatic rings. The number of rotatable bonds is 7. The Labute approximate surface area is 179 Å². The summed E-state index contributed by atoms with van der Waals surface area (Å²) < 4.78 is 31.7. The van der Waals surface area contributed by atoms with Gasteiger partial charge < -0.3 is 15.0 Å². The lowest BCUT2D eigenvalue weighted by Gasteiger charge is -2.27. The summed E-state index contributed by atoms with van der Waals surface area (Å²) in [6.45, 7) is 7.98. The van der Waals surface area contributed by atoms with Crippen LogP contribution < -0.4 is 5.32 Å². The van der Waals surface area contributed by atoms with Gasteiger partial charge in [-0.15, -0.1) is 11.8 Å². The van der Waals surface area contributed by atoms with Crippen LogP contribution in [0.1, 0.15) is 33.3 Å². The highest BCUT2D eigenvalue weighted by Gasteiger charge is 2.22. The molecule has 1 N–H and O–H groups in total. The van der Waals surface area contributed by atoms with Crippen molar-refractivity contribution in [2.45, 2.75) is 44.7 Å². The fraction of sp³-hybridized carbons (Fsp3) is 0.364. The number of carbonyl (C=O) groups is 2. The predicted molar refractivity (Wildman–Crippen MR) is 114 cm³/mol. The summed E-state index contributed by atoms with van der Waals surface area (Å²) in [7, 11) is 0. The Hall–Kier alpha value is -2.61. The fourth-order valence-corrected chi connectivity index (χ4v) is 3.24. The Morgan fingerprint density at radius 3 is 2.43 bits per heavy atom. The Kier molecular flexibility index (Phi) is 8.23. The van der Waals surface area contributed by atoms with Crippen molar-refractivity contribution in [1.82, 2.24) is 4.90 Å². The van der Waals surface area contributed by atoms with E-state index < -0.39 is 23.3 Å². The van der Waals surface area contributed by atoms with Crippen molar-refractivity contribution in [3.8, 4) is 0 Å². The van der Waals surface area contributed by atoms with Crippen molar-refractivity contribution in [1.29, 1.82) is 0 Å². The van der Waals surface area contributed by atoms with Crippen LogP contribution >= 0.6 is 11.8 Å². The highest BCUT2D eigenvalue weighted by atomic mass is 32.2. The van der Waals surface area contributed by atoms with E-state index in [9.17, 15) is 18.4 Å². The van der Waals surface area contributed by atoms with Gasteiger partial charge >= 0.3 is 6.09 Å². The molecule has 0 radical (unpaired) electrons. The van der Waals surface area contributed by atoms with Crippen molar-refractivity contribution in [3.63, 3.8) is 0 Å². The smallest absolute Gasteiger partial charge is 0.410 e. The summed E-state index contributed by atoms with van der Waals surface area (Å²) in [6, 6.07) is 10.7. The molecule has 0 saturated carbocycles. The first-order valence-electron chi connectivity index (χ1n) is 9.52. The first-order chi connectivity index (χ1) is 14.1. The predicted octanol–water partition coefficient (Wildman–Crippen LogP) is 5.45. The number of benzene rings is 2. The van der Waals surface area contributed by atoms with Gasteiger partial charge in [-0.3, -0.25) is 4.79 Å². The van der Waals surface area contributed by atoms with Crippen molar-refractivity contribution in [3.05, 3.63) is 59.7 Å². The molecule has 5 nitrogen and oxygen atoms in total. The SMILES string of the molecule is CCN(Cc1ccccc1NC(=O)CSc1ccc(F)c(F)c1)C(=O)OC(C)(C)C. The summed E-state index contributed by atoms with van der Waals surface area (Å²) in [5.74, 6) is -2.14. The normalized spacial score (nSPS) is 11.1. The Morgan fingerprint density at radius 1 is 1.10 bits per heavy atom. The number of amides is 2. The van der Waals surface area contributed by atoms with Gasteiger partial charge in [0.25, 0.3) is 0 Å². The maximum absolute atomic E-state index is 13.3. The van der Waals surface area contributed by atoms with E-state index in [1.165, 1.54) is 6.07 Å². The van der Waals surface area contributed by atoms with Crippen molar-refractivity contribution >= 4 is 29.4 Å². The van der Waals surface area contributed by atoms with E-state index in [-0.39, 0.29) is 18.2 Å². The van der Waals surface area contributed by atoms with E-state index in [2.05, 4.69) is 5.32 Å². The Bertz CT molecular complexity index is 900. The van der Waals surface area contributed by atoms with Crippen LogP contribution in [-0.4, -0.2) is 34.8 Å². The third kappa shape index (κ3) is 7.33. The lowest BCUT2D eigenvalue weighted by atomic mass is 10.1. The van der Waals surface area contributed by atoms with Gasteiger partial charge in [0, 0.05) is 17.1 Å². The quantitative estimate of drug-likeness (QED) is 0.586. The second-order valence-electron chi connectivity index (χ2n) is 7.56. The molecule has 2 rings (SSSR count). The van der Waals surface area contributed by atoms with Gasteiger partial charge in [-0.2, -0.15) is 0 Å². The van der Waals surface area contributed by atoms with Crippen molar-refractivity contribution in [2.24, 2.45) is 0 Å². The van der Waals surface area contributed by atoms with Crippen LogP contribution in [-0.2, 0) is 16.1 Å². The molecule has 2 amide bonds. The van der Waals surface area contributed by atoms with Crippen molar-refractivity contribution in [2.75, 3.05) is 17.6 Å². The number of halogens is 2. The van der Waals surface area contributed by atoms with Gasteiger partial charge in [0.05, 0.1) is 12.3 Å². The molecular formula is C22H26F2N2O3S. The molecule has 0 saturated heterocycles. The summed E-state index contributed by atoms with van der Waals surface area (Å²) in [5.41, 5.74) is 0.738. The number of hydrogen-bond acceptors (Lipinski definition) is 4. The highest BCUT2D eigenvalue weighted by molar-refractivity contribution is 8.00. The molecule has 0 spiro atoms. The van der Waals surface area contributed by atoms with Gasteiger partial charge in [0.2, 0.25) is 5.91 Å². The van der Waals surface area contributed by atoms with Crippen LogP contribution in [0, 0.1) is 11.6 Å². The van der Waals surface area contributed by atoms with Gasteiger partial charge in [-0.05, 0) is 57.5 Å². The summed E-state index contributed by atoms with van der Waals surface area (Å²) in [4.78, 5) is 26.8. The Morgan fingerprint density at radius 2 is 1.80 bits per heavy atom. The lowest BCUT2D eigenvalue weighted by Crippen LogP contribution is -2.36. The lowest BCUT2D eigenvalue weighted by molar-refractivity contribution is -0.113. The zero-order valence-corrected chi connectivity index (χ0v) is 18.3. The topological polar surface area (TPSA) is 58.6 Å². The molecule has 0 aromatic heterocycles. The maximum atomic E-state index is 13.3. The van der Waals surface area contributed by atoms with Gasteiger partial charge in [0.15, 0.2) is 11.6 Å². The van der Waals surface area contributed by atoms with Crippen LogP contribution in [0.3, 0.4) is 0 Å². The average molecular weight is 437 g/mol. The molecule has 0 aliphatic carbocycles. The van der Waals surface area contributed by atoms with E-state index in [4.69, 9.17) is 4.74 Å². The number of nitrogens with zero attached hydrogens (tertiary/aromatic N) is 1. The third-order valence-corrected chi connectivity index (χ3v) is 4.94. The first kappa shape index (κ1) is 23.7. The van der Waals surface area contributed by atoms with Gasteiger partial charge in [-0.25, -0.2) is 13.6 Å². The van der Waals surface area contributed by atoms with Crippen LogP contribution in [0.5, 0.6) is 0 Å². The third-order valence-electron chi connectivity index (χ3n) is 3.95. The summed E-state index contributed by atoms with van der Waals surface area (Å²) in [6.07, 6.45) is -0.431. The second-order valence-corrected chi connectivity index (χ2v) is 8.61. The number of thioether (sulfide) groups is 1. The van der Waals surface area contributed by atoms with Crippen LogP contribution in [0.4, 0.5) is 19.3 Å². The zero-order chi connectivity index (χ0) is 22.3. The molecule has 0 fully saturated rings. The van der Waals surface area contributed by atoms with Crippen LogP contribution in [0.25, 0.3) is 0 Å². The highest BCUT2D eigenvalue weighted by Crippen LogP contribution is 2.22. The van der Waals surface area contributed by atoms with Gasteiger partial charge in [-0.1, -0.05) is 18.2 Å². The minimum absolute atomic E-state index is 0.0307. The number of carbonyl (C=O) groups excluding carboxylic acids is 2. The molecule has 0 bridgehead atoms. The standard InChI is InChI=1S/C22H26F2N2O3S/c1-5-26(21(28)29-22(2,3)4)13-15-8-6-7-9-19(15)25-20(27)14-30-16-10-11-17(23)18(24)12-16/h6-12H,5,13-14H2,1-4H3,(H,25,27). The van der Waals surface area contributed by atoms with E-state index in [1.54, 1.807) is 37.8 Å². The van der Waals surface area contributed by atoms with E-state index in [1.807, 2.05) is 19.1 Å².